The molecule has 1 aliphatic rings. The van der Waals surface area contributed by atoms with Crippen LogP contribution in [-0.4, -0.2) is 22.6 Å². The van der Waals surface area contributed by atoms with Gasteiger partial charge in [-0.05, 0) is 44.4 Å². The Morgan fingerprint density at radius 2 is 2.15 bits per heavy atom. The molecule has 1 atom stereocenters. The first-order valence-corrected chi connectivity index (χ1v) is 7.23. The summed E-state index contributed by atoms with van der Waals surface area (Å²) in [6.07, 6.45) is 4.11. The SMILES string of the molecule is CCNc1nccc(N2c3ccccc3CCC2C)n1. The van der Waals surface area contributed by atoms with Crippen molar-refractivity contribution in [2.45, 2.75) is 32.7 Å². The van der Waals surface area contributed by atoms with Crippen LogP contribution < -0.4 is 10.2 Å². The lowest BCUT2D eigenvalue weighted by Gasteiger charge is -2.36. The largest absolute Gasteiger partial charge is 0.354 e. The van der Waals surface area contributed by atoms with Crippen LogP contribution in [0.1, 0.15) is 25.8 Å². The van der Waals surface area contributed by atoms with Crippen LogP contribution in [0.4, 0.5) is 17.5 Å². The Kier molecular flexibility index (Phi) is 3.54. The summed E-state index contributed by atoms with van der Waals surface area (Å²) in [4.78, 5) is 11.2. The highest BCUT2D eigenvalue weighted by Crippen LogP contribution is 2.35. The molecule has 0 fully saturated rings. The van der Waals surface area contributed by atoms with Gasteiger partial charge in [0.05, 0.1) is 0 Å². The summed E-state index contributed by atoms with van der Waals surface area (Å²) in [5.74, 6) is 1.66. The van der Waals surface area contributed by atoms with Crippen LogP contribution in [0.15, 0.2) is 36.5 Å². The van der Waals surface area contributed by atoms with E-state index >= 15 is 0 Å². The fraction of sp³-hybridized carbons (Fsp3) is 0.375. The normalized spacial score (nSPS) is 17.7. The quantitative estimate of drug-likeness (QED) is 0.926. The van der Waals surface area contributed by atoms with Gasteiger partial charge < -0.3 is 10.2 Å². The number of hydrogen-bond acceptors (Lipinski definition) is 4. The van der Waals surface area contributed by atoms with Crippen molar-refractivity contribution in [3.8, 4) is 0 Å². The number of anilines is 3. The number of rotatable bonds is 3. The second-order valence-electron chi connectivity index (χ2n) is 5.16. The third-order valence-electron chi connectivity index (χ3n) is 3.75. The van der Waals surface area contributed by atoms with Crippen molar-refractivity contribution in [1.82, 2.24) is 9.97 Å². The molecule has 0 bridgehead atoms. The van der Waals surface area contributed by atoms with Crippen molar-refractivity contribution in [1.29, 1.82) is 0 Å². The van der Waals surface area contributed by atoms with Gasteiger partial charge in [-0.3, -0.25) is 0 Å². The van der Waals surface area contributed by atoms with E-state index in [9.17, 15) is 0 Å². The van der Waals surface area contributed by atoms with Gasteiger partial charge in [-0.15, -0.1) is 0 Å². The van der Waals surface area contributed by atoms with E-state index < -0.39 is 0 Å². The molecule has 0 amide bonds. The maximum atomic E-state index is 4.64. The lowest BCUT2D eigenvalue weighted by Crippen LogP contribution is -2.33. The van der Waals surface area contributed by atoms with Gasteiger partial charge in [0.2, 0.25) is 5.95 Å². The monoisotopic (exact) mass is 268 g/mol. The molecule has 1 N–H and O–H groups in total. The molecule has 0 saturated heterocycles. The first-order chi connectivity index (χ1) is 9.79. The summed E-state index contributed by atoms with van der Waals surface area (Å²) in [6.45, 7) is 5.13. The molecule has 0 radical (unpaired) electrons. The molecular formula is C16H20N4. The van der Waals surface area contributed by atoms with Gasteiger partial charge in [0.1, 0.15) is 5.82 Å². The molecular weight excluding hydrogens is 248 g/mol. The van der Waals surface area contributed by atoms with Gasteiger partial charge >= 0.3 is 0 Å². The molecule has 20 heavy (non-hydrogen) atoms. The zero-order valence-corrected chi connectivity index (χ0v) is 12.0. The third-order valence-corrected chi connectivity index (χ3v) is 3.75. The Hall–Kier alpha value is -2.10. The minimum Gasteiger partial charge on any atom is -0.354 e. The van der Waals surface area contributed by atoms with Gasteiger partial charge in [-0.25, -0.2) is 4.98 Å². The van der Waals surface area contributed by atoms with Crippen molar-refractivity contribution in [3.63, 3.8) is 0 Å². The van der Waals surface area contributed by atoms with Crippen LogP contribution in [0.2, 0.25) is 0 Å². The lowest BCUT2D eigenvalue weighted by atomic mass is 9.97. The van der Waals surface area contributed by atoms with E-state index in [1.807, 2.05) is 12.3 Å². The summed E-state index contributed by atoms with van der Waals surface area (Å²) in [7, 11) is 0. The number of nitrogens with zero attached hydrogens (tertiary/aromatic N) is 3. The third kappa shape index (κ3) is 2.33. The maximum absolute atomic E-state index is 4.64. The second kappa shape index (κ2) is 5.49. The number of benzene rings is 1. The summed E-state index contributed by atoms with van der Waals surface area (Å²) in [5.41, 5.74) is 2.67. The summed E-state index contributed by atoms with van der Waals surface area (Å²) >= 11 is 0. The minimum absolute atomic E-state index is 0.453. The molecule has 0 saturated carbocycles. The molecule has 2 aromatic rings. The van der Waals surface area contributed by atoms with Crippen molar-refractivity contribution in [2.24, 2.45) is 0 Å². The summed E-state index contributed by atoms with van der Waals surface area (Å²) in [6, 6.07) is 11.0. The smallest absolute Gasteiger partial charge is 0.224 e. The molecule has 1 aromatic carbocycles. The Bertz CT molecular complexity index is 597. The minimum atomic E-state index is 0.453. The van der Waals surface area contributed by atoms with Crippen LogP contribution >= 0.6 is 0 Å². The fourth-order valence-electron chi connectivity index (χ4n) is 2.76. The van der Waals surface area contributed by atoms with Gasteiger partial charge in [-0.2, -0.15) is 4.98 Å². The zero-order valence-electron chi connectivity index (χ0n) is 12.0. The van der Waals surface area contributed by atoms with E-state index in [4.69, 9.17) is 0 Å². The van der Waals surface area contributed by atoms with E-state index in [0.717, 1.165) is 25.2 Å². The fourth-order valence-corrected chi connectivity index (χ4v) is 2.76. The molecule has 4 heteroatoms. The van der Waals surface area contributed by atoms with Crippen LogP contribution in [0.5, 0.6) is 0 Å². The first-order valence-electron chi connectivity index (χ1n) is 7.23. The molecule has 104 valence electrons. The second-order valence-corrected chi connectivity index (χ2v) is 5.16. The lowest BCUT2D eigenvalue weighted by molar-refractivity contribution is 0.613. The number of aryl methyl sites for hydroxylation is 1. The Morgan fingerprint density at radius 3 is 3.00 bits per heavy atom. The molecule has 2 heterocycles. The van der Waals surface area contributed by atoms with Crippen LogP contribution in [0.25, 0.3) is 0 Å². The predicted octanol–water partition coefficient (Wildman–Crippen LogP) is 3.38. The highest BCUT2D eigenvalue weighted by Gasteiger charge is 2.25. The molecule has 1 aliphatic heterocycles. The Balaban J connectivity index is 2.02. The number of fused-ring (bicyclic) bond motifs is 1. The standard InChI is InChI=1S/C16H20N4/c1-3-17-16-18-11-10-15(19-16)20-12(2)8-9-13-6-4-5-7-14(13)20/h4-7,10-12H,3,8-9H2,1-2H3,(H,17,18,19). The van der Waals surface area contributed by atoms with Crippen molar-refractivity contribution in [3.05, 3.63) is 42.1 Å². The van der Waals surface area contributed by atoms with E-state index in [1.165, 1.54) is 11.3 Å². The average Bonchev–Trinajstić information content (AvgIpc) is 2.48. The van der Waals surface area contributed by atoms with E-state index in [0.29, 0.717) is 12.0 Å². The Labute approximate surface area is 119 Å². The molecule has 0 aliphatic carbocycles. The average molecular weight is 268 g/mol. The highest BCUT2D eigenvalue weighted by molar-refractivity contribution is 5.66. The number of hydrogen-bond donors (Lipinski definition) is 1. The molecule has 3 rings (SSSR count). The van der Waals surface area contributed by atoms with Gasteiger partial charge in [0, 0.05) is 24.5 Å². The first kappa shape index (κ1) is 12.9. The topological polar surface area (TPSA) is 41.1 Å². The van der Waals surface area contributed by atoms with Crippen molar-refractivity contribution >= 4 is 17.5 Å². The molecule has 1 aromatic heterocycles. The molecule has 1 unspecified atom stereocenters. The highest BCUT2D eigenvalue weighted by atomic mass is 15.3. The van der Waals surface area contributed by atoms with Crippen LogP contribution in [-0.2, 0) is 6.42 Å². The zero-order chi connectivity index (χ0) is 13.9. The van der Waals surface area contributed by atoms with Gasteiger partial charge in [0.15, 0.2) is 0 Å². The molecule has 0 spiro atoms. The molecule has 4 nitrogen and oxygen atoms in total. The van der Waals surface area contributed by atoms with Crippen LogP contribution in [0, 0.1) is 0 Å². The predicted molar refractivity (Wildman–Crippen MR) is 82.6 cm³/mol. The van der Waals surface area contributed by atoms with E-state index in [-0.39, 0.29) is 0 Å². The van der Waals surface area contributed by atoms with Crippen LogP contribution in [0.3, 0.4) is 0 Å². The van der Waals surface area contributed by atoms with E-state index in [2.05, 4.69) is 58.3 Å². The number of nitrogens with one attached hydrogen (secondary N) is 1. The number of para-hydroxylation sites is 1. The van der Waals surface area contributed by atoms with Crippen molar-refractivity contribution < 1.29 is 0 Å². The van der Waals surface area contributed by atoms with Gasteiger partial charge in [0.25, 0.3) is 0 Å². The summed E-state index contributed by atoms with van der Waals surface area (Å²) < 4.78 is 0. The number of aromatic nitrogens is 2. The van der Waals surface area contributed by atoms with Gasteiger partial charge in [-0.1, -0.05) is 18.2 Å². The van der Waals surface area contributed by atoms with E-state index in [1.54, 1.807) is 0 Å². The Morgan fingerprint density at radius 1 is 1.30 bits per heavy atom. The maximum Gasteiger partial charge on any atom is 0.224 e. The summed E-state index contributed by atoms with van der Waals surface area (Å²) in [5, 5.41) is 3.18. The van der Waals surface area contributed by atoms with Crippen molar-refractivity contribution in [2.75, 3.05) is 16.8 Å².